The topological polar surface area (TPSA) is 60.7 Å². The summed E-state index contributed by atoms with van der Waals surface area (Å²) in [6.45, 7) is 6.26. The van der Waals surface area contributed by atoms with Crippen molar-refractivity contribution in [3.8, 4) is 11.5 Å². The molecule has 3 aliphatic carbocycles. The van der Waals surface area contributed by atoms with Crippen LogP contribution < -0.4 is 14.8 Å². The Morgan fingerprint density at radius 2 is 2.00 bits per heavy atom. The van der Waals surface area contributed by atoms with Crippen LogP contribution in [0.1, 0.15) is 49.4 Å². The van der Waals surface area contributed by atoms with Crippen molar-refractivity contribution in [2.24, 2.45) is 17.3 Å². The third-order valence-electron chi connectivity index (χ3n) is 8.66. The van der Waals surface area contributed by atoms with Gasteiger partial charge in [0.2, 0.25) is 5.78 Å². The van der Waals surface area contributed by atoms with Crippen LogP contribution in [0.5, 0.6) is 11.5 Å². The van der Waals surface area contributed by atoms with E-state index in [1.54, 1.807) is 19.4 Å². The number of aromatic nitrogens is 3. The standard InChI is InChI=1S/C28H29F3N4O2/c1-15-19(6-5-7-21(15)28(29,30)31)17(3)33-25-20-10-24(37-14-27-12-18(13-27)16(27)2)23(36-4)11-22(20)35-9-8-32-26(35)34-25/h5-11,16-18H,12-14H2,1-4H3,(H,32,33,34)/t16-,17+,18?,27?/m0/s1. The number of hydrogen-bond donors (Lipinski definition) is 1. The van der Waals surface area contributed by atoms with Crippen LogP contribution in [0.15, 0.2) is 42.7 Å². The SMILES string of the molecule is COc1cc2c(cc1OCC13CC(C1)[C@@H]3C)c(N[C@H](C)c1cccc(C(F)(F)F)c1C)nc1nccn12. The second kappa shape index (κ2) is 8.26. The molecular formula is C28H29F3N4O2. The number of halogens is 3. The molecule has 2 aromatic heterocycles. The van der Waals surface area contributed by atoms with E-state index in [4.69, 9.17) is 14.5 Å². The Bertz CT molecular complexity index is 1510. The first-order valence-corrected chi connectivity index (χ1v) is 12.5. The van der Waals surface area contributed by atoms with Crippen molar-refractivity contribution in [2.45, 2.75) is 45.8 Å². The first kappa shape index (κ1) is 23.9. The summed E-state index contributed by atoms with van der Waals surface area (Å²) in [6, 6.07) is 7.63. The molecule has 0 spiro atoms. The molecule has 0 unspecified atom stereocenters. The van der Waals surface area contributed by atoms with Crippen molar-refractivity contribution in [3.05, 3.63) is 59.4 Å². The largest absolute Gasteiger partial charge is 0.493 e. The van der Waals surface area contributed by atoms with Crippen LogP contribution in [0.3, 0.4) is 0 Å². The molecule has 194 valence electrons. The molecule has 3 aliphatic rings. The maximum atomic E-state index is 13.5. The summed E-state index contributed by atoms with van der Waals surface area (Å²) in [4.78, 5) is 9.05. The molecule has 2 atom stereocenters. The highest BCUT2D eigenvalue weighted by atomic mass is 19.4. The Balaban J connectivity index is 1.40. The van der Waals surface area contributed by atoms with Gasteiger partial charge in [-0.3, -0.25) is 4.40 Å². The lowest BCUT2D eigenvalue weighted by Gasteiger charge is -2.67. The van der Waals surface area contributed by atoms with E-state index in [9.17, 15) is 13.2 Å². The van der Waals surface area contributed by atoms with Crippen molar-refractivity contribution in [1.29, 1.82) is 0 Å². The van der Waals surface area contributed by atoms with Crippen LogP contribution in [0.4, 0.5) is 19.0 Å². The highest BCUT2D eigenvalue weighted by Gasteiger charge is 2.63. The second-order valence-electron chi connectivity index (χ2n) is 10.6. The van der Waals surface area contributed by atoms with E-state index < -0.39 is 17.8 Å². The average Bonchev–Trinajstić information content (AvgIpc) is 3.30. The first-order chi connectivity index (χ1) is 17.6. The Morgan fingerprint density at radius 1 is 1.22 bits per heavy atom. The lowest BCUT2D eigenvalue weighted by Crippen LogP contribution is -2.62. The van der Waals surface area contributed by atoms with E-state index in [-0.39, 0.29) is 11.0 Å². The maximum absolute atomic E-state index is 13.5. The molecule has 0 amide bonds. The molecule has 37 heavy (non-hydrogen) atoms. The summed E-state index contributed by atoms with van der Waals surface area (Å²) in [5.74, 6) is 3.74. The minimum absolute atomic E-state index is 0.194. The van der Waals surface area contributed by atoms with Gasteiger partial charge in [0.1, 0.15) is 5.82 Å². The number of alkyl halides is 3. The highest BCUT2D eigenvalue weighted by molar-refractivity contribution is 5.94. The molecule has 0 radical (unpaired) electrons. The van der Waals surface area contributed by atoms with E-state index >= 15 is 0 Å². The number of rotatable bonds is 7. The number of fused-ring (bicyclic) bond motifs is 3. The van der Waals surface area contributed by atoms with Crippen LogP contribution in [0.2, 0.25) is 0 Å². The minimum atomic E-state index is -4.42. The van der Waals surface area contributed by atoms with E-state index in [1.165, 1.54) is 25.8 Å². The van der Waals surface area contributed by atoms with Gasteiger partial charge in [0, 0.05) is 29.3 Å². The molecular weight excluding hydrogens is 481 g/mol. The number of nitrogens with one attached hydrogen (secondary N) is 1. The maximum Gasteiger partial charge on any atom is 0.416 e. The Labute approximate surface area is 212 Å². The molecule has 1 N–H and O–H groups in total. The van der Waals surface area contributed by atoms with Gasteiger partial charge in [-0.15, -0.1) is 0 Å². The molecule has 0 aliphatic heterocycles. The molecule has 2 bridgehead atoms. The highest BCUT2D eigenvalue weighted by Crippen LogP contribution is 2.68. The fourth-order valence-corrected chi connectivity index (χ4v) is 6.12. The number of imidazole rings is 1. The smallest absolute Gasteiger partial charge is 0.416 e. The molecule has 0 saturated heterocycles. The monoisotopic (exact) mass is 510 g/mol. The summed E-state index contributed by atoms with van der Waals surface area (Å²) < 4.78 is 54.4. The lowest BCUT2D eigenvalue weighted by atomic mass is 9.38. The minimum Gasteiger partial charge on any atom is -0.493 e. The number of ether oxygens (including phenoxy) is 2. The zero-order valence-electron chi connectivity index (χ0n) is 21.2. The Morgan fingerprint density at radius 3 is 2.65 bits per heavy atom. The molecule has 9 heteroatoms. The van der Waals surface area contributed by atoms with Gasteiger partial charge in [-0.25, -0.2) is 4.98 Å². The number of methoxy groups -OCH3 is 1. The van der Waals surface area contributed by atoms with Crippen molar-refractivity contribution >= 4 is 22.5 Å². The third kappa shape index (κ3) is 3.69. The van der Waals surface area contributed by atoms with Crippen molar-refractivity contribution in [2.75, 3.05) is 19.0 Å². The molecule has 3 saturated carbocycles. The molecule has 2 heterocycles. The zero-order chi connectivity index (χ0) is 26.1. The fourth-order valence-electron chi connectivity index (χ4n) is 6.12. The predicted octanol–water partition coefficient (Wildman–Crippen LogP) is 6.82. The average molecular weight is 511 g/mol. The van der Waals surface area contributed by atoms with E-state index in [0.29, 0.717) is 41.2 Å². The molecule has 6 nitrogen and oxygen atoms in total. The predicted molar refractivity (Wildman–Crippen MR) is 135 cm³/mol. The second-order valence-corrected chi connectivity index (χ2v) is 10.6. The zero-order valence-corrected chi connectivity index (χ0v) is 21.2. The van der Waals surface area contributed by atoms with Crippen LogP contribution >= 0.6 is 0 Å². The quantitative estimate of drug-likeness (QED) is 0.296. The fraction of sp³-hybridized carbons (Fsp3) is 0.429. The van der Waals surface area contributed by atoms with Gasteiger partial charge >= 0.3 is 6.18 Å². The summed E-state index contributed by atoms with van der Waals surface area (Å²) in [6.07, 6.45) is 1.48. The van der Waals surface area contributed by atoms with Gasteiger partial charge in [0.15, 0.2) is 11.5 Å². The van der Waals surface area contributed by atoms with Crippen LogP contribution in [-0.2, 0) is 6.18 Å². The van der Waals surface area contributed by atoms with Crippen molar-refractivity contribution < 1.29 is 22.6 Å². The van der Waals surface area contributed by atoms with Gasteiger partial charge in [-0.05, 0) is 61.8 Å². The normalized spacial score (nSPS) is 23.4. The van der Waals surface area contributed by atoms with Gasteiger partial charge in [-0.1, -0.05) is 19.1 Å². The van der Waals surface area contributed by atoms with Gasteiger partial charge < -0.3 is 14.8 Å². The van der Waals surface area contributed by atoms with E-state index in [1.807, 2.05) is 29.7 Å². The summed E-state index contributed by atoms with van der Waals surface area (Å²) in [7, 11) is 1.61. The van der Waals surface area contributed by atoms with Crippen LogP contribution in [0, 0.1) is 24.2 Å². The van der Waals surface area contributed by atoms with Gasteiger partial charge in [0.25, 0.3) is 0 Å². The molecule has 2 aromatic carbocycles. The number of benzene rings is 2. The van der Waals surface area contributed by atoms with Crippen molar-refractivity contribution in [3.63, 3.8) is 0 Å². The molecule has 7 rings (SSSR count). The first-order valence-electron chi connectivity index (χ1n) is 12.5. The van der Waals surface area contributed by atoms with E-state index in [2.05, 4.69) is 17.2 Å². The van der Waals surface area contributed by atoms with Gasteiger partial charge in [-0.2, -0.15) is 18.2 Å². The van der Waals surface area contributed by atoms with E-state index in [0.717, 1.165) is 22.9 Å². The van der Waals surface area contributed by atoms with Gasteiger partial charge in [0.05, 0.1) is 30.8 Å². The lowest BCUT2D eigenvalue weighted by molar-refractivity contribution is -0.198. The summed E-state index contributed by atoms with van der Waals surface area (Å²) in [5, 5.41) is 4.12. The van der Waals surface area contributed by atoms with Crippen LogP contribution in [0.25, 0.3) is 16.7 Å². The van der Waals surface area contributed by atoms with Crippen LogP contribution in [-0.4, -0.2) is 28.1 Å². The molecule has 4 aromatic rings. The number of anilines is 1. The molecule has 3 fully saturated rings. The number of hydrogen-bond acceptors (Lipinski definition) is 5. The summed E-state index contributed by atoms with van der Waals surface area (Å²) >= 11 is 0. The third-order valence-corrected chi connectivity index (χ3v) is 8.66. The van der Waals surface area contributed by atoms with Crippen molar-refractivity contribution in [1.82, 2.24) is 14.4 Å². The summed E-state index contributed by atoms with van der Waals surface area (Å²) in [5.41, 5.74) is 1.17. The Hall–Kier alpha value is -3.49. The Kier molecular flexibility index (Phi) is 5.33. The number of nitrogens with zero attached hydrogens (tertiary/aromatic N) is 3.